The number of nitro benzene ring substituents is 1. The zero-order valence-corrected chi connectivity index (χ0v) is 25.4. The lowest BCUT2D eigenvalue weighted by Crippen LogP contribution is -2.39. The monoisotopic (exact) mass is 595 g/mol. The van der Waals surface area contributed by atoms with Crippen LogP contribution in [0.15, 0.2) is 107 Å². The van der Waals surface area contributed by atoms with Crippen molar-refractivity contribution in [3.8, 4) is 0 Å². The van der Waals surface area contributed by atoms with Crippen LogP contribution >= 0.6 is 0 Å². The summed E-state index contributed by atoms with van der Waals surface area (Å²) in [7, 11) is 1.27. The van der Waals surface area contributed by atoms with Gasteiger partial charge < -0.3 is 14.8 Å². The number of rotatable bonds is 9. The van der Waals surface area contributed by atoms with E-state index in [1.807, 2.05) is 43.3 Å². The lowest BCUT2D eigenvalue weighted by Gasteiger charge is -2.33. The molecule has 2 aliphatic rings. The molecule has 228 valence electrons. The highest BCUT2D eigenvalue weighted by Crippen LogP contribution is 2.41. The normalized spacial score (nSPS) is 20.4. The third-order valence-corrected chi connectivity index (χ3v) is 8.50. The lowest BCUT2D eigenvalue weighted by atomic mass is 9.80. The first kappa shape index (κ1) is 30.7. The Hall–Kier alpha value is -4.76. The van der Waals surface area contributed by atoms with Gasteiger partial charge in [0.05, 0.1) is 29.1 Å². The fraction of sp³-hybridized carbons (Fsp3) is 0.314. The van der Waals surface area contributed by atoms with Gasteiger partial charge in [0.2, 0.25) is 0 Å². The first-order chi connectivity index (χ1) is 21.1. The van der Waals surface area contributed by atoms with Crippen LogP contribution in [0.25, 0.3) is 0 Å². The molecule has 3 aromatic carbocycles. The topological polar surface area (TPSA) is 111 Å². The number of non-ortho nitro benzene ring substituents is 1. The largest absolute Gasteiger partial charge is 0.466 e. The average molecular weight is 596 g/mol. The minimum absolute atomic E-state index is 0.141. The molecule has 5 rings (SSSR count). The predicted molar refractivity (Wildman–Crippen MR) is 167 cm³/mol. The second kappa shape index (κ2) is 12.9. The van der Waals surface area contributed by atoms with Crippen molar-refractivity contribution < 1.29 is 24.0 Å². The van der Waals surface area contributed by atoms with Crippen LogP contribution in [0.1, 0.15) is 55.7 Å². The smallest absolute Gasteiger partial charge is 0.337 e. The number of benzene rings is 3. The van der Waals surface area contributed by atoms with E-state index in [0.717, 1.165) is 13.1 Å². The number of dihydropyridines is 1. The van der Waals surface area contributed by atoms with Crippen molar-refractivity contribution in [2.75, 3.05) is 26.7 Å². The Balaban J connectivity index is 1.41. The van der Waals surface area contributed by atoms with Crippen molar-refractivity contribution in [3.05, 3.63) is 134 Å². The van der Waals surface area contributed by atoms with Gasteiger partial charge in [-0.25, -0.2) is 9.59 Å². The summed E-state index contributed by atoms with van der Waals surface area (Å²) in [6.45, 7) is 7.43. The minimum atomic E-state index is -0.905. The maximum atomic E-state index is 14.1. The Bertz CT molecular complexity index is 1580. The van der Waals surface area contributed by atoms with Gasteiger partial charge in [0.15, 0.2) is 0 Å². The van der Waals surface area contributed by atoms with Gasteiger partial charge in [0.25, 0.3) is 5.69 Å². The zero-order chi connectivity index (χ0) is 31.4. The van der Waals surface area contributed by atoms with Gasteiger partial charge in [-0.1, -0.05) is 72.8 Å². The molecule has 2 aliphatic heterocycles. The van der Waals surface area contributed by atoms with Gasteiger partial charge in [-0.15, -0.1) is 0 Å². The Kier molecular flexibility index (Phi) is 8.96. The minimum Gasteiger partial charge on any atom is -0.466 e. The molecular formula is C35H37N3O6. The van der Waals surface area contributed by atoms with E-state index in [1.165, 1.54) is 30.4 Å². The molecule has 1 fully saturated rings. The Morgan fingerprint density at radius 1 is 0.955 bits per heavy atom. The zero-order valence-electron chi connectivity index (χ0n) is 25.4. The molecule has 0 radical (unpaired) electrons. The quantitative estimate of drug-likeness (QED) is 0.187. The van der Waals surface area contributed by atoms with E-state index in [-0.39, 0.29) is 22.8 Å². The Labute approximate surface area is 257 Å². The molecule has 2 atom stereocenters. The molecule has 1 saturated heterocycles. The number of ether oxygens (including phenoxy) is 2. The molecule has 44 heavy (non-hydrogen) atoms. The number of nitro groups is 1. The molecule has 0 aliphatic carbocycles. The molecule has 0 spiro atoms. The van der Waals surface area contributed by atoms with Gasteiger partial charge in [-0.3, -0.25) is 15.0 Å². The highest BCUT2D eigenvalue weighted by Gasteiger charge is 2.43. The summed E-state index contributed by atoms with van der Waals surface area (Å²) < 4.78 is 11.3. The number of likely N-dealkylation sites (tertiary alicyclic amines) is 1. The predicted octanol–water partition coefficient (Wildman–Crippen LogP) is 5.84. The van der Waals surface area contributed by atoms with Gasteiger partial charge in [0, 0.05) is 55.5 Å². The van der Waals surface area contributed by atoms with Crippen molar-refractivity contribution in [2.24, 2.45) is 0 Å². The summed E-state index contributed by atoms with van der Waals surface area (Å²) in [4.78, 5) is 40.5. The second-order valence-corrected chi connectivity index (χ2v) is 11.7. The number of carbonyl (C=O) groups is 2. The molecule has 2 heterocycles. The van der Waals surface area contributed by atoms with E-state index in [4.69, 9.17) is 9.47 Å². The van der Waals surface area contributed by atoms with Crippen LogP contribution < -0.4 is 5.32 Å². The van der Waals surface area contributed by atoms with Crippen LogP contribution in [0.3, 0.4) is 0 Å². The van der Waals surface area contributed by atoms with Gasteiger partial charge in [0.1, 0.15) is 5.60 Å². The second-order valence-electron chi connectivity index (χ2n) is 11.7. The number of esters is 2. The van der Waals surface area contributed by atoms with Crippen molar-refractivity contribution in [3.63, 3.8) is 0 Å². The van der Waals surface area contributed by atoms with E-state index in [9.17, 15) is 19.7 Å². The van der Waals surface area contributed by atoms with Crippen LogP contribution in [0.4, 0.5) is 5.69 Å². The maximum absolute atomic E-state index is 14.1. The molecule has 0 unspecified atom stereocenters. The molecule has 9 nitrogen and oxygen atoms in total. The van der Waals surface area contributed by atoms with E-state index in [0.29, 0.717) is 29.9 Å². The third kappa shape index (κ3) is 6.43. The molecule has 9 heteroatoms. The summed E-state index contributed by atoms with van der Waals surface area (Å²) in [6, 6.07) is 26.8. The standard InChI is InChI=1S/C35H37N3O6/c1-23-30(33(39)43-4)32(27-16-11-17-28(20-27)38(41)42)31(24(2)36-23)34(40)44-35(3)18-19-37(22-35)21-29(25-12-7-5-8-13-25)26-14-9-6-10-15-26/h5-17,20,29,32,36H,18-19,21-22H2,1-4H3/t32-,35+/m0/s1. The van der Waals surface area contributed by atoms with Crippen LogP contribution in [-0.4, -0.2) is 54.1 Å². The fourth-order valence-electron chi connectivity index (χ4n) is 6.37. The Morgan fingerprint density at radius 2 is 1.55 bits per heavy atom. The molecule has 3 aromatic rings. The van der Waals surface area contributed by atoms with Gasteiger partial charge in [-0.05, 0) is 37.5 Å². The first-order valence-electron chi connectivity index (χ1n) is 14.7. The van der Waals surface area contributed by atoms with Crippen LogP contribution in [0.5, 0.6) is 0 Å². The number of nitrogens with one attached hydrogen (secondary N) is 1. The number of hydrogen-bond donors (Lipinski definition) is 1. The van der Waals surface area contributed by atoms with Crippen LogP contribution in [-0.2, 0) is 19.1 Å². The van der Waals surface area contributed by atoms with Crippen molar-refractivity contribution in [1.82, 2.24) is 10.2 Å². The number of methoxy groups -OCH3 is 1. The molecular weight excluding hydrogens is 558 g/mol. The van der Waals surface area contributed by atoms with E-state index >= 15 is 0 Å². The van der Waals surface area contributed by atoms with Crippen molar-refractivity contribution >= 4 is 17.6 Å². The first-order valence-corrected chi connectivity index (χ1v) is 14.7. The molecule has 0 saturated carbocycles. The third-order valence-electron chi connectivity index (χ3n) is 8.50. The highest BCUT2D eigenvalue weighted by atomic mass is 16.6. The van der Waals surface area contributed by atoms with Gasteiger partial charge >= 0.3 is 11.9 Å². The van der Waals surface area contributed by atoms with Crippen molar-refractivity contribution in [2.45, 2.75) is 44.6 Å². The number of carbonyl (C=O) groups excluding carboxylic acids is 2. The SMILES string of the molecule is COC(=O)C1=C(C)NC(C)=C(C(=O)O[C@]2(C)CCN(CC(c3ccccc3)c3ccccc3)C2)[C@H]1c1cccc([N+](=O)[O-])c1. The van der Waals surface area contributed by atoms with E-state index < -0.39 is 28.4 Å². The summed E-state index contributed by atoms with van der Waals surface area (Å²) in [5.41, 5.74) is 3.40. The summed E-state index contributed by atoms with van der Waals surface area (Å²) in [5, 5.41) is 14.7. The van der Waals surface area contributed by atoms with E-state index in [1.54, 1.807) is 26.0 Å². The summed E-state index contributed by atoms with van der Waals surface area (Å²) >= 11 is 0. The average Bonchev–Trinajstić information content (AvgIpc) is 3.39. The Morgan fingerprint density at radius 3 is 2.11 bits per heavy atom. The molecule has 0 aromatic heterocycles. The number of nitrogens with zero attached hydrogens (tertiary/aromatic N) is 2. The van der Waals surface area contributed by atoms with Gasteiger partial charge in [-0.2, -0.15) is 0 Å². The summed E-state index contributed by atoms with van der Waals surface area (Å²) in [6.07, 6.45) is 0.634. The number of hydrogen-bond acceptors (Lipinski definition) is 8. The van der Waals surface area contributed by atoms with Crippen LogP contribution in [0, 0.1) is 10.1 Å². The molecule has 0 amide bonds. The lowest BCUT2D eigenvalue weighted by molar-refractivity contribution is -0.384. The summed E-state index contributed by atoms with van der Waals surface area (Å²) in [5.74, 6) is -1.96. The van der Waals surface area contributed by atoms with E-state index in [2.05, 4.69) is 34.5 Å². The number of allylic oxidation sites excluding steroid dienone is 2. The molecule has 0 bridgehead atoms. The van der Waals surface area contributed by atoms with Crippen LogP contribution in [0.2, 0.25) is 0 Å². The fourth-order valence-corrected chi connectivity index (χ4v) is 6.37. The molecule has 1 N–H and O–H groups in total. The highest BCUT2D eigenvalue weighted by molar-refractivity contribution is 6.00. The van der Waals surface area contributed by atoms with Crippen molar-refractivity contribution in [1.29, 1.82) is 0 Å². The maximum Gasteiger partial charge on any atom is 0.337 e.